The first-order chi connectivity index (χ1) is 8.79. The maximum atomic E-state index is 11.6. The van der Waals surface area contributed by atoms with Gasteiger partial charge in [-0.15, -0.1) is 0 Å². The summed E-state index contributed by atoms with van der Waals surface area (Å²) in [6, 6.07) is 6.30. The van der Waals surface area contributed by atoms with E-state index < -0.39 is 9.84 Å². The van der Waals surface area contributed by atoms with Gasteiger partial charge in [-0.05, 0) is 23.8 Å². The van der Waals surface area contributed by atoms with Crippen LogP contribution in [0.25, 0.3) is 6.08 Å². The van der Waals surface area contributed by atoms with Gasteiger partial charge in [-0.25, -0.2) is 8.42 Å². The lowest BCUT2D eigenvalue weighted by Gasteiger charge is -2.02. The molecule has 19 heavy (non-hydrogen) atoms. The molecular formula is C13H14N2O3S. The van der Waals surface area contributed by atoms with Crippen molar-refractivity contribution in [2.24, 2.45) is 5.92 Å². The van der Waals surface area contributed by atoms with Gasteiger partial charge in [0.05, 0.1) is 4.90 Å². The number of benzene rings is 1. The molecule has 1 aromatic carbocycles. The number of carbonyl (C=O) groups is 1. The summed E-state index contributed by atoms with van der Waals surface area (Å²) in [5, 5.41) is 10.00. The minimum absolute atomic E-state index is 0.184. The molecule has 6 heteroatoms. The molecule has 1 atom stereocenters. The lowest BCUT2D eigenvalue weighted by Crippen LogP contribution is -2.20. The molecule has 1 fully saturated rings. The molecule has 1 aliphatic rings. The Balaban J connectivity index is 2.34. The van der Waals surface area contributed by atoms with Gasteiger partial charge in [0.1, 0.15) is 5.84 Å². The van der Waals surface area contributed by atoms with Crippen molar-refractivity contribution in [1.82, 2.24) is 5.32 Å². The Kier molecular flexibility index (Phi) is 3.28. The standard InChI is InChI=1S/C13H14N2O3S/c1-8-11(13(16)15-12(8)14)7-9-3-5-10(6-4-9)19(2,17)18/h3-8H,1-2H3,(H2,14,15,16). The van der Waals surface area contributed by atoms with E-state index in [1.165, 1.54) is 12.1 Å². The van der Waals surface area contributed by atoms with Crippen LogP contribution in [0.15, 0.2) is 34.7 Å². The predicted octanol–water partition coefficient (Wildman–Crippen LogP) is 1.22. The fraction of sp³-hybridized carbons (Fsp3) is 0.231. The molecule has 0 bridgehead atoms. The quantitative estimate of drug-likeness (QED) is 0.797. The summed E-state index contributed by atoms with van der Waals surface area (Å²) < 4.78 is 22.7. The monoisotopic (exact) mass is 278 g/mol. The number of nitrogens with one attached hydrogen (secondary N) is 2. The normalized spacial score (nSPS) is 21.8. The number of carbonyl (C=O) groups excluding carboxylic acids is 1. The predicted molar refractivity (Wildman–Crippen MR) is 72.6 cm³/mol. The number of sulfone groups is 1. The van der Waals surface area contributed by atoms with Gasteiger partial charge in [-0.3, -0.25) is 10.2 Å². The van der Waals surface area contributed by atoms with Gasteiger partial charge >= 0.3 is 0 Å². The van der Waals surface area contributed by atoms with Gasteiger partial charge in [-0.1, -0.05) is 19.1 Å². The van der Waals surface area contributed by atoms with E-state index in [4.69, 9.17) is 5.41 Å². The summed E-state index contributed by atoms with van der Waals surface area (Å²) >= 11 is 0. The second kappa shape index (κ2) is 4.62. The molecule has 1 heterocycles. The largest absolute Gasteiger partial charge is 0.310 e. The first-order valence-electron chi connectivity index (χ1n) is 5.70. The lowest BCUT2D eigenvalue weighted by molar-refractivity contribution is -0.115. The highest BCUT2D eigenvalue weighted by Gasteiger charge is 2.29. The van der Waals surface area contributed by atoms with E-state index in [1.54, 1.807) is 25.1 Å². The van der Waals surface area contributed by atoms with Crippen molar-refractivity contribution in [3.8, 4) is 0 Å². The summed E-state index contributed by atoms with van der Waals surface area (Å²) in [7, 11) is -3.21. The van der Waals surface area contributed by atoms with Gasteiger partial charge in [0, 0.05) is 17.7 Å². The Morgan fingerprint density at radius 1 is 1.26 bits per heavy atom. The van der Waals surface area contributed by atoms with Crippen LogP contribution in [0.5, 0.6) is 0 Å². The Morgan fingerprint density at radius 3 is 2.26 bits per heavy atom. The van der Waals surface area contributed by atoms with Crippen molar-refractivity contribution in [2.45, 2.75) is 11.8 Å². The van der Waals surface area contributed by atoms with Crippen molar-refractivity contribution in [3.05, 3.63) is 35.4 Å². The van der Waals surface area contributed by atoms with Crippen molar-refractivity contribution < 1.29 is 13.2 Å². The van der Waals surface area contributed by atoms with Crippen LogP contribution in [0.4, 0.5) is 0 Å². The van der Waals surface area contributed by atoms with Gasteiger partial charge in [0.25, 0.3) is 5.91 Å². The Bertz CT molecular complexity index is 672. The van der Waals surface area contributed by atoms with Gasteiger partial charge in [-0.2, -0.15) is 0 Å². The second-order valence-electron chi connectivity index (χ2n) is 4.53. The fourth-order valence-electron chi connectivity index (χ4n) is 1.84. The van der Waals surface area contributed by atoms with Crippen molar-refractivity contribution in [2.75, 3.05) is 6.26 Å². The first-order valence-corrected chi connectivity index (χ1v) is 7.59. The number of rotatable bonds is 2. The molecule has 0 spiro atoms. The van der Waals surface area contributed by atoms with E-state index in [-0.39, 0.29) is 22.6 Å². The van der Waals surface area contributed by atoms with E-state index in [0.29, 0.717) is 5.57 Å². The average molecular weight is 278 g/mol. The lowest BCUT2D eigenvalue weighted by atomic mass is 10.0. The van der Waals surface area contributed by atoms with E-state index in [0.717, 1.165) is 11.8 Å². The van der Waals surface area contributed by atoms with Crippen molar-refractivity contribution >= 4 is 27.7 Å². The van der Waals surface area contributed by atoms with Crippen LogP contribution in [-0.2, 0) is 14.6 Å². The highest BCUT2D eigenvalue weighted by Crippen LogP contribution is 2.21. The molecular weight excluding hydrogens is 264 g/mol. The molecule has 1 amide bonds. The topological polar surface area (TPSA) is 87.1 Å². The molecule has 0 aromatic heterocycles. The minimum atomic E-state index is -3.21. The SMILES string of the molecule is CC1C(=N)NC(=O)C1=Cc1ccc(S(C)(=O)=O)cc1. The molecule has 1 aromatic rings. The van der Waals surface area contributed by atoms with Crippen LogP contribution in [0.3, 0.4) is 0 Å². The third kappa shape index (κ3) is 2.73. The molecule has 5 nitrogen and oxygen atoms in total. The molecule has 1 saturated heterocycles. The van der Waals surface area contributed by atoms with Gasteiger partial charge in [0.2, 0.25) is 0 Å². The molecule has 1 aliphatic heterocycles. The maximum absolute atomic E-state index is 11.6. The Hall–Kier alpha value is -1.95. The second-order valence-corrected chi connectivity index (χ2v) is 6.55. The highest BCUT2D eigenvalue weighted by molar-refractivity contribution is 7.90. The van der Waals surface area contributed by atoms with Crippen LogP contribution in [0, 0.1) is 11.3 Å². The van der Waals surface area contributed by atoms with Crippen LogP contribution in [0.2, 0.25) is 0 Å². The molecule has 2 rings (SSSR count). The number of amidine groups is 1. The fourth-order valence-corrected chi connectivity index (χ4v) is 2.47. The Morgan fingerprint density at radius 2 is 1.84 bits per heavy atom. The summed E-state index contributed by atoms with van der Waals surface area (Å²) in [5.41, 5.74) is 1.25. The van der Waals surface area contributed by atoms with Gasteiger partial charge in [0.15, 0.2) is 9.84 Å². The molecule has 1 unspecified atom stereocenters. The third-order valence-electron chi connectivity index (χ3n) is 3.04. The van der Waals surface area contributed by atoms with Gasteiger partial charge < -0.3 is 5.32 Å². The molecule has 0 radical (unpaired) electrons. The van der Waals surface area contributed by atoms with E-state index in [2.05, 4.69) is 5.32 Å². The summed E-state index contributed by atoms with van der Waals surface area (Å²) in [6.45, 7) is 1.77. The van der Waals surface area contributed by atoms with Crippen molar-refractivity contribution in [1.29, 1.82) is 5.41 Å². The third-order valence-corrected chi connectivity index (χ3v) is 4.17. The van der Waals surface area contributed by atoms with E-state index >= 15 is 0 Å². The first kappa shape index (κ1) is 13.5. The molecule has 0 saturated carbocycles. The van der Waals surface area contributed by atoms with Crippen LogP contribution < -0.4 is 5.32 Å². The molecule has 2 N–H and O–H groups in total. The zero-order valence-corrected chi connectivity index (χ0v) is 11.4. The summed E-state index contributed by atoms with van der Waals surface area (Å²) in [5.74, 6) is -0.351. The maximum Gasteiger partial charge on any atom is 0.253 e. The van der Waals surface area contributed by atoms with Crippen LogP contribution in [-0.4, -0.2) is 26.4 Å². The molecule has 0 aliphatic carbocycles. The summed E-state index contributed by atoms with van der Waals surface area (Å²) in [4.78, 5) is 11.9. The van der Waals surface area contributed by atoms with E-state index in [9.17, 15) is 13.2 Å². The number of hydrogen-bond acceptors (Lipinski definition) is 4. The van der Waals surface area contributed by atoms with E-state index in [1.807, 2.05) is 0 Å². The van der Waals surface area contributed by atoms with Crippen molar-refractivity contribution in [3.63, 3.8) is 0 Å². The number of amides is 1. The molecule has 100 valence electrons. The highest BCUT2D eigenvalue weighted by atomic mass is 32.2. The zero-order valence-electron chi connectivity index (χ0n) is 10.6. The van der Waals surface area contributed by atoms with Crippen LogP contribution in [0.1, 0.15) is 12.5 Å². The summed E-state index contributed by atoms with van der Waals surface area (Å²) in [6.07, 6.45) is 2.82. The minimum Gasteiger partial charge on any atom is -0.310 e. The Labute approximate surface area is 111 Å². The average Bonchev–Trinajstić information content (AvgIpc) is 2.56. The smallest absolute Gasteiger partial charge is 0.253 e. The number of hydrogen-bond donors (Lipinski definition) is 2. The zero-order chi connectivity index (χ0) is 14.2. The van der Waals surface area contributed by atoms with Crippen LogP contribution >= 0.6 is 0 Å².